The lowest BCUT2D eigenvalue weighted by Gasteiger charge is -2.28. The van der Waals surface area contributed by atoms with E-state index in [-0.39, 0.29) is 0 Å². The van der Waals surface area contributed by atoms with Gasteiger partial charge in [-0.15, -0.1) is 0 Å². The summed E-state index contributed by atoms with van der Waals surface area (Å²) >= 11 is 5.84. The Morgan fingerprint density at radius 3 is 2.81 bits per heavy atom. The Labute approximate surface area is 101 Å². The van der Waals surface area contributed by atoms with Gasteiger partial charge in [0, 0.05) is 19.3 Å². The molecule has 0 bridgehead atoms. The van der Waals surface area contributed by atoms with Gasteiger partial charge >= 0.3 is 0 Å². The maximum atomic E-state index is 5.88. The second-order valence-corrected chi connectivity index (χ2v) is 4.59. The molecule has 0 unspecified atom stereocenters. The zero-order valence-electron chi connectivity index (χ0n) is 9.53. The molecule has 0 aromatic carbocycles. The molecule has 1 aliphatic rings. The van der Waals surface area contributed by atoms with Gasteiger partial charge in [-0.05, 0) is 18.9 Å². The molecule has 0 amide bonds. The van der Waals surface area contributed by atoms with Gasteiger partial charge in [-0.1, -0.05) is 30.9 Å². The van der Waals surface area contributed by atoms with Crippen LogP contribution in [-0.4, -0.2) is 18.1 Å². The largest absolute Gasteiger partial charge is 0.270 e. The van der Waals surface area contributed by atoms with E-state index >= 15 is 0 Å². The molecule has 3 nitrogen and oxygen atoms in total. The van der Waals surface area contributed by atoms with Crippen LogP contribution in [0.15, 0.2) is 18.3 Å². The van der Waals surface area contributed by atoms with Crippen molar-refractivity contribution < 1.29 is 4.84 Å². The summed E-state index contributed by atoms with van der Waals surface area (Å²) < 4.78 is 0. The predicted octanol–water partition coefficient (Wildman–Crippen LogP) is 3.44. The van der Waals surface area contributed by atoms with E-state index in [1.54, 1.807) is 11.3 Å². The van der Waals surface area contributed by atoms with Crippen LogP contribution in [-0.2, 0) is 4.84 Å². The van der Waals surface area contributed by atoms with Crippen LogP contribution in [0.2, 0.25) is 5.15 Å². The molecular weight excluding hydrogens is 224 g/mol. The molecule has 1 aromatic rings. The molecule has 1 heterocycles. The third-order valence-electron chi connectivity index (χ3n) is 2.93. The molecule has 1 aromatic heterocycles. The van der Waals surface area contributed by atoms with Gasteiger partial charge in [-0.2, -0.15) is 0 Å². The Bertz CT molecular complexity index is 340. The molecule has 0 radical (unpaired) electrons. The highest BCUT2D eigenvalue weighted by molar-refractivity contribution is 6.29. The second kappa shape index (κ2) is 5.51. The first-order valence-corrected chi connectivity index (χ1v) is 6.15. The summed E-state index contributed by atoms with van der Waals surface area (Å²) in [4.78, 5) is 9.83. The van der Waals surface area contributed by atoms with Crippen LogP contribution in [0.1, 0.15) is 32.1 Å². The number of pyridine rings is 1. The molecule has 0 saturated heterocycles. The van der Waals surface area contributed by atoms with Gasteiger partial charge in [0.25, 0.3) is 0 Å². The Hall–Kier alpha value is -0.800. The van der Waals surface area contributed by atoms with Gasteiger partial charge in [-0.3, -0.25) is 9.90 Å². The molecule has 1 fully saturated rings. The number of hydrogen-bond donors (Lipinski definition) is 0. The molecule has 2 rings (SSSR count). The highest BCUT2D eigenvalue weighted by Crippen LogP contribution is 2.23. The van der Waals surface area contributed by atoms with E-state index in [1.165, 1.54) is 19.3 Å². The van der Waals surface area contributed by atoms with Crippen molar-refractivity contribution in [1.29, 1.82) is 0 Å². The smallest absolute Gasteiger partial charge is 0.131 e. The molecule has 88 valence electrons. The van der Waals surface area contributed by atoms with Gasteiger partial charge in [0.1, 0.15) is 5.15 Å². The Balaban J connectivity index is 1.94. The highest BCUT2D eigenvalue weighted by Gasteiger charge is 2.16. The van der Waals surface area contributed by atoms with Crippen molar-refractivity contribution in [2.45, 2.75) is 38.2 Å². The minimum atomic E-state index is 0.352. The van der Waals surface area contributed by atoms with Crippen molar-refractivity contribution in [2.75, 3.05) is 12.1 Å². The Morgan fingerprint density at radius 1 is 1.38 bits per heavy atom. The first-order chi connectivity index (χ1) is 7.75. The summed E-state index contributed by atoms with van der Waals surface area (Å²) in [5, 5.41) is 2.29. The van der Waals surface area contributed by atoms with Crippen LogP contribution in [0.4, 0.5) is 5.69 Å². The summed E-state index contributed by atoms with van der Waals surface area (Å²) in [5.41, 5.74) is 0.950. The number of nitrogens with zero attached hydrogens (tertiary/aromatic N) is 2. The van der Waals surface area contributed by atoms with Crippen molar-refractivity contribution in [3.8, 4) is 0 Å². The fourth-order valence-electron chi connectivity index (χ4n) is 2.04. The first kappa shape index (κ1) is 11.7. The number of hydroxylamine groups is 1. The van der Waals surface area contributed by atoms with Gasteiger partial charge < -0.3 is 0 Å². The molecule has 1 saturated carbocycles. The third-order valence-corrected chi connectivity index (χ3v) is 3.14. The topological polar surface area (TPSA) is 25.4 Å². The van der Waals surface area contributed by atoms with E-state index in [1.807, 2.05) is 19.2 Å². The SMILES string of the molecule is CN(OC1CCCCC1)c1ccnc(Cl)c1. The van der Waals surface area contributed by atoms with Crippen LogP contribution >= 0.6 is 11.6 Å². The van der Waals surface area contributed by atoms with E-state index in [0.29, 0.717) is 11.3 Å². The lowest BCUT2D eigenvalue weighted by Crippen LogP contribution is -2.27. The Kier molecular flexibility index (Phi) is 4.02. The third kappa shape index (κ3) is 3.09. The summed E-state index contributed by atoms with van der Waals surface area (Å²) in [6.45, 7) is 0. The molecule has 4 heteroatoms. The van der Waals surface area contributed by atoms with Crippen LogP contribution in [0.5, 0.6) is 0 Å². The van der Waals surface area contributed by atoms with E-state index in [0.717, 1.165) is 18.5 Å². The minimum Gasteiger partial charge on any atom is -0.270 e. The minimum absolute atomic E-state index is 0.352. The van der Waals surface area contributed by atoms with E-state index in [2.05, 4.69) is 4.98 Å². The molecular formula is C12H17ClN2O. The average molecular weight is 241 g/mol. The number of halogens is 1. The Morgan fingerprint density at radius 2 is 2.12 bits per heavy atom. The second-order valence-electron chi connectivity index (χ2n) is 4.20. The fourth-order valence-corrected chi connectivity index (χ4v) is 2.21. The summed E-state index contributed by atoms with van der Waals surface area (Å²) in [6, 6.07) is 3.71. The molecule has 0 spiro atoms. The summed E-state index contributed by atoms with van der Waals surface area (Å²) in [7, 11) is 1.92. The quantitative estimate of drug-likeness (QED) is 0.598. The molecule has 16 heavy (non-hydrogen) atoms. The van der Waals surface area contributed by atoms with Crippen molar-refractivity contribution in [3.63, 3.8) is 0 Å². The molecule has 0 atom stereocenters. The van der Waals surface area contributed by atoms with E-state index < -0.39 is 0 Å². The van der Waals surface area contributed by atoms with E-state index in [9.17, 15) is 0 Å². The number of rotatable bonds is 3. The maximum Gasteiger partial charge on any atom is 0.131 e. The number of aromatic nitrogens is 1. The van der Waals surface area contributed by atoms with Crippen LogP contribution in [0.3, 0.4) is 0 Å². The molecule has 0 N–H and O–H groups in total. The van der Waals surface area contributed by atoms with Crippen LogP contribution in [0.25, 0.3) is 0 Å². The maximum absolute atomic E-state index is 5.88. The molecule has 0 aliphatic heterocycles. The van der Waals surface area contributed by atoms with E-state index in [4.69, 9.17) is 16.4 Å². The van der Waals surface area contributed by atoms with Crippen molar-refractivity contribution in [2.24, 2.45) is 0 Å². The monoisotopic (exact) mass is 240 g/mol. The molecule has 1 aliphatic carbocycles. The highest BCUT2D eigenvalue weighted by atomic mass is 35.5. The lowest BCUT2D eigenvalue weighted by molar-refractivity contribution is 0.0187. The normalized spacial score (nSPS) is 17.4. The van der Waals surface area contributed by atoms with Gasteiger partial charge in [0.15, 0.2) is 0 Å². The van der Waals surface area contributed by atoms with Crippen LogP contribution in [0, 0.1) is 0 Å². The average Bonchev–Trinajstić information content (AvgIpc) is 2.30. The van der Waals surface area contributed by atoms with Gasteiger partial charge in [-0.25, -0.2) is 4.98 Å². The number of anilines is 1. The summed E-state index contributed by atoms with van der Waals surface area (Å²) in [5.74, 6) is 0. The van der Waals surface area contributed by atoms with Crippen molar-refractivity contribution in [3.05, 3.63) is 23.5 Å². The summed E-state index contributed by atoms with van der Waals surface area (Å²) in [6.07, 6.45) is 8.24. The predicted molar refractivity (Wildman–Crippen MR) is 65.6 cm³/mol. The van der Waals surface area contributed by atoms with Crippen molar-refractivity contribution >= 4 is 17.3 Å². The van der Waals surface area contributed by atoms with Gasteiger partial charge in [0.2, 0.25) is 0 Å². The van der Waals surface area contributed by atoms with Crippen molar-refractivity contribution in [1.82, 2.24) is 4.98 Å². The van der Waals surface area contributed by atoms with Gasteiger partial charge in [0.05, 0.1) is 11.8 Å². The fraction of sp³-hybridized carbons (Fsp3) is 0.583. The first-order valence-electron chi connectivity index (χ1n) is 5.78. The van der Waals surface area contributed by atoms with Crippen LogP contribution < -0.4 is 5.06 Å². The zero-order chi connectivity index (χ0) is 11.4. The zero-order valence-corrected chi connectivity index (χ0v) is 10.3. The number of hydrogen-bond acceptors (Lipinski definition) is 3. The lowest BCUT2D eigenvalue weighted by atomic mass is 9.98. The standard InChI is InChI=1S/C12H17ClN2O/c1-15(10-7-8-14-12(13)9-10)16-11-5-3-2-4-6-11/h7-9,11H,2-6H2,1H3.